The van der Waals surface area contributed by atoms with E-state index in [2.05, 4.69) is 20.0 Å². The number of aromatic nitrogens is 3. The van der Waals surface area contributed by atoms with E-state index in [4.69, 9.17) is 9.26 Å². The second-order valence-electron chi connectivity index (χ2n) is 8.84. The molecule has 2 aromatic heterocycles. The van der Waals surface area contributed by atoms with Crippen molar-refractivity contribution >= 4 is 5.91 Å². The van der Waals surface area contributed by atoms with E-state index in [0.717, 1.165) is 11.1 Å². The molecule has 4 aromatic rings. The molecule has 0 unspecified atom stereocenters. The van der Waals surface area contributed by atoms with Crippen molar-refractivity contribution in [2.45, 2.75) is 12.7 Å². The smallest absolute Gasteiger partial charge is 0.422 e. The van der Waals surface area contributed by atoms with Crippen LogP contribution in [-0.4, -0.2) is 69.8 Å². The Morgan fingerprint density at radius 1 is 0.947 bits per heavy atom. The molecule has 11 heteroatoms. The van der Waals surface area contributed by atoms with Gasteiger partial charge in [-0.3, -0.25) is 14.7 Å². The van der Waals surface area contributed by atoms with E-state index in [-0.39, 0.29) is 17.5 Å². The van der Waals surface area contributed by atoms with Gasteiger partial charge in [-0.25, -0.2) is 0 Å². The van der Waals surface area contributed by atoms with Gasteiger partial charge in [0.05, 0.1) is 5.56 Å². The molecular formula is C27H24F3N5O3. The first kappa shape index (κ1) is 25.4. The Kier molecular flexibility index (Phi) is 7.36. The highest BCUT2D eigenvalue weighted by Gasteiger charge is 2.28. The van der Waals surface area contributed by atoms with Crippen LogP contribution in [0, 0.1) is 0 Å². The number of alkyl halides is 3. The van der Waals surface area contributed by atoms with E-state index in [9.17, 15) is 18.0 Å². The molecule has 1 aliphatic rings. The van der Waals surface area contributed by atoms with Gasteiger partial charge in [0.25, 0.3) is 11.8 Å². The quantitative estimate of drug-likeness (QED) is 0.347. The van der Waals surface area contributed by atoms with Crippen LogP contribution in [0.3, 0.4) is 0 Å². The van der Waals surface area contributed by atoms with Gasteiger partial charge in [-0.2, -0.15) is 18.2 Å². The maximum Gasteiger partial charge on any atom is 0.422 e. The van der Waals surface area contributed by atoms with Gasteiger partial charge in [0, 0.05) is 44.5 Å². The monoisotopic (exact) mass is 523 g/mol. The second kappa shape index (κ2) is 11.0. The second-order valence-corrected chi connectivity index (χ2v) is 8.84. The van der Waals surface area contributed by atoms with Gasteiger partial charge in [0.1, 0.15) is 11.4 Å². The van der Waals surface area contributed by atoms with Crippen molar-refractivity contribution in [3.8, 4) is 28.7 Å². The van der Waals surface area contributed by atoms with Crippen LogP contribution < -0.4 is 4.74 Å². The minimum absolute atomic E-state index is 0.106. The Balaban J connectivity index is 1.12. The summed E-state index contributed by atoms with van der Waals surface area (Å²) in [5.41, 5.74) is 2.75. The molecule has 1 saturated heterocycles. The predicted octanol–water partition coefficient (Wildman–Crippen LogP) is 4.70. The van der Waals surface area contributed by atoms with Crippen LogP contribution in [0.5, 0.6) is 5.75 Å². The van der Waals surface area contributed by atoms with Crippen LogP contribution in [0.4, 0.5) is 13.2 Å². The normalized spacial score (nSPS) is 14.4. The largest absolute Gasteiger partial charge is 0.484 e. The van der Waals surface area contributed by atoms with E-state index < -0.39 is 12.8 Å². The van der Waals surface area contributed by atoms with Gasteiger partial charge < -0.3 is 14.2 Å². The highest BCUT2D eigenvalue weighted by Crippen LogP contribution is 2.22. The molecule has 8 nitrogen and oxygen atoms in total. The van der Waals surface area contributed by atoms with Crippen molar-refractivity contribution in [3.05, 3.63) is 84.1 Å². The van der Waals surface area contributed by atoms with E-state index in [1.54, 1.807) is 29.2 Å². The summed E-state index contributed by atoms with van der Waals surface area (Å²) in [5, 5.41) is 4.00. The van der Waals surface area contributed by atoms with Crippen LogP contribution in [0.25, 0.3) is 23.0 Å². The molecule has 0 radical (unpaired) electrons. The molecule has 196 valence electrons. The van der Waals surface area contributed by atoms with E-state index >= 15 is 0 Å². The van der Waals surface area contributed by atoms with E-state index in [1.807, 2.05) is 30.3 Å². The molecule has 38 heavy (non-hydrogen) atoms. The van der Waals surface area contributed by atoms with Gasteiger partial charge in [-0.05, 0) is 29.8 Å². The molecule has 0 aliphatic carbocycles. The van der Waals surface area contributed by atoms with E-state index in [1.165, 1.54) is 18.3 Å². The lowest BCUT2D eigenvalue weighted by Crippen LogP contribution is -2.48. The number of amides is 1. The summed E-state index contributed by atoms with van der Waals surface area (Å²) in [4.78, 5) is 25.7. The topological polar surface area (TPSA) is 84.6 Å². The van der Waals surface area contributed by atoms with Crippen LogP contribution in [0.2, 0.25) is 0 Å². The first-order chi connectivity index (χ1) is 18.3. The lowest BCUT2D eigenvalue weighted by molar-refractivity contribution is -0.153. The lowest BCUT2D eigenvalue weighted by atomic mass is 10.1. The number of hydrogen-bond donors (Lipinski definition) is 0. The van der Waals surface area contributed by atoms with Gasteiger partial charge in [-0.1, -0.05) is 47.6 Å². The van der Waals surface area contributed by atoms with Crippen LogP contribution in [-0.2, 0) is 6.54 Å². The van der Waals surface area contributed by atoms with Gasteiger partial charge in [0.2, 0.25) is 5.82 Å². The Morgan fingerprint density at radius 3 is 2.34 bits per heavy atom. The summed E-state index contributed by atoms with van der Waals surface area (Å²) < 4.78 is 47.0. The average molecular weight is 524 g/mol. The van der Waals surface area contributed by atoms with Gasteiger partial charge in [0.15, 0.2) is 6.61 Å². The molecule has 5 rings (SSSR count). The summed E-state index contributed by atoms with van der Waals surface area (Å²) in [6.07, 6.45) is -2.85. The molecule has 0 saturated carbocycles. The van der Waals surface area contributed by atoms with E-state index in [0.29, 0.717) is 49.8 Å². The number of halogens is 3. The number of nitrogens with zero attached hydrogens (tertiary/aromatic N) is 5. The third-order valence-corrected chi connectivity index (χ3v) is 6.08. The number of hydrogen-bond acceptors (Lipinski definition) is 7. The fourth-order valence-corrected chi connectivity index (χ4v) is 4.08. The van der Waals surface area contributed by atoms with Crippen molar-refractivity contribution in [3.63, 3.8) is 0 Å². The highest BCUT2D eigenvalue weighted by atomic mass is 19.4. The Morgan fingerprint density at radius 2 is 1.68 bits per heavy atom. The molecule has 2 aromatic carbocycles. The van der Waals surface area contributed by atoms with Crippen LogP contribution in [0.1, 0.15) is 15.9 Å². The van der Waals surface area contributed by atoms with Crippen molar-refractivity contribution in [2.24, 2.45) is 0 Å². The van der Waals surface area contributed by atoms with Crippen molar-refractivity contribution in [1.29, 1.82) is 0 Å². The minimum Gasteiger partial charge on any atom is -0.484 e. The number of carbonyl (C=O) groups is 1. The zero-order chi connectivity index (χ0) is 26.5. The molecule has 0 atom stereocenters. The first-order valence-electron chi connectivity index (χ1n) is 12.0. The number of rotatable bonds is 7. The molecule has 0 N–H and O–H groups in total. The summed E-state index contributed by atoms with van der Waals surface area (Å²) in [7, 11) is 0. The number of piperazine rings is 1. The van der Waals surface area contributed by atoms with Crippen molar-refractivity contribution in [2.75, 3.05) is 32.8 Å². The van der Waals surface area contributed by atoms with Crippen LogP contribution in [0.15, 0.2) is 77.4 Å². The third-order valence-electron chi connectivity index (χ3n) is 6.08. The molecule has 0 bridgehead atoms. The Bertz CT molecular complexity index is 1350. The number of benzene rings is 2. The minimum atomic E-state index is -4.37. The van der Waals surface area contributed by atoms with Crippen molar-refractivity contribution < 1.29 is 27.2 Å². The molecular weight excluding hydrogens is 499 g/mol. The molecule has 0 spiro atoms. The average Bonchev–Trinajstić information content (AvgIpc) is 3.43. The van der Waals surface area contributed by atoms with Gasteiger partial charge >= 0.3 is 6.18 Å². The fraction of sp³-hybridized carbons (Fsp3) is 0.259. The maximum atomic E-state index is 13.0. The SMILES string of the molecule is O=C(c1ccc(-c2nc(-c3ccccc3)no2)nc1)N1CCN(Cc2ccc(OCC(F)(F)F)cc2)CC1. The number of carbonyl (C=O) groups excluding carboxylic acids is 1. The van der Waals surface area contributed by atoms with Gasteiger partial charge in [-0.15, -0.1) is 0 Å². The number of pyridine rings is 1. The molecule has 3 heterocycles. The molecule has 1 amide bonds. The maximum absolute atomic E-state index is 13.0. The third kappa shape index (κ3) is 6.35. The molecule has 1 aliphatic heterocycles. The zero-order valence-electron chi connectivity index (χ0n) is 20.3. The highest BCUT2D eigenvalue weighted by molar-refractivity contribution is 5.94. The first-order valence-corrected chi connectivity index (χ1v) is 12.0. The standard InChI is InChI=1S/C27H24F3N5O3/c28-27(29,30)18-37-22-9-6-19(7-10-22)17-34-12-14-35(15-13-34)26(36)21-8-11-23(31-16-21)25-32-24(33-38-25)20-4-2-1-3-5-20/h1-11,16H,12-15,17-18H2. The summed E-state index contributed by atoms with van der Waals surface area (Å²) in [6.45, 7) is 1.77. The predicted molar refractivity (Wildman–Crippen MR) is 132 cm³/mol. The summed E-state index contributed by atoms with van der Waals surface area (Å²) >= 11 is 0. The molecule has 1 fully saturated rings. The lowest BCUT2D eigenvalue weighted by Gasteiger charge is -2.34. The fourth-order valence-electron chi connectivity index (χ4n) is 4.08. The van der Waals surface area contributed by atoms with Crippen molar-refractivity contribution in [1.82, 2.24) is 24.9 Å². The Hall–Kier alpha value is -4.25. The zero-order valence-corrected chi connectivity index (χ0v) is 20.3. The van der Waals surface area contributed by atoms with Crippen LogP contribution >= 0.6 is 0 Å². The summed E-state index contributed by atoms with van der Waals surface area (Å²) in [5.74, 6) is 0.810. The Labute approximate surface area is 216 Å². The summed E-state index contributed by atoms with van der Waals surface area (Å²) in [6, 6.07) is 19.4. The number of ether oxygens (including phenoxy) is 1.